The largest absolute Gasteiger partial charge is 0.444 e. The normalized spacial score (nSPS) is 29.6. The number of alkyl halides is 1. The third-order valence-corrected chi connectivity index (χ3v) is 4.34. The molecule has 2 aromatic rings. The van der Waals surface area contributed by atoms with Gasteiger partial charge in [0.25, 0.3) is 5.85 Å². The van der Waals surface area contributed by atoms with Crippen molar-refractivity contribution < 1.29 is 34.0 Å². The highest BCUT2D eigenvalue weighted by atomic mass is 19.2. The average molecular weight is 408 g/mol. The third-order valence-electron chi connectivity index (χ3n) is 4.34. The molecule has 0 radical (unpaired) electrons. The van der Waals surface area contributed by atoms with Crippen LogP contribution in [-0.4, -0.2) is 65.7 Å². The van der Waals surface area contributed by atoms with Gasteiger partial charge < -0.3 is 29.4 Å². The number of aromatic nitrogens is 3. The summed E-state index contributed by atoms with van der Waals surface area (Å²) in [7, 11) is 0. The van der Waals surface area contributed by atoms with E-state index in [0.717, 1.165) is 6.33 Å². The number of fused-ring (bicyclic) bond motifs is 1. The van der Waals surface area contributed by atoms with E-state index >= 15 is 0 Å². The van der Waals surface area contributed by atoms with E-state index in [9.17, 15) is 24.5 Å². The van der Waals surface area contributed by atoms with Gasteiger partial charge in [-0.2, -0.15) is 0 Å². The first-order valence-corrected chi connectivity index (χ1v) is 8.62. The number of aliphatic hydroxyl groups excluding tert-OH is 2. The van der Waals surface area contributed by atoms with Crippen molar-refractivity contribution in [1.29, 1.82) is 0 Å². The number of ether oxygens (including phenoxy) is 2. The molecule has 11 heteroatoms. The smallest absolute Gasteiger partial charge is 0.413 e. The second kappa shape index (κ2) is 6.93. The number of terminal acetylenes is 1. The molecule has 29 heavy (non-hydrogen) atoms. The molecule has 3 heterocycles. The van der Waals surface area contributed by atoms with Crippen molar-refractivity contribution in [1.82, 2.24) is 14.5 Å². The van der Waals surface area contributed by atoms with Gasteiger partial charge in [-0.15, -0.1) is 6.42 Å². The van der Waals surface area contributed by atoms with Crippen LogP contribution in [0.4, 0.5) is 15.0 Å². The minimum Gasteiger partial charge on any atom is -0.444 e. The van der Waals surface area contributed by atoms with E-state index in [1.165, 1.54) is 16.8 Å². The molecular weight excluding hydrogens is 387 g/mol. The number of aliphatic hydroxyl groups is 3. The number of halogens is 1. The van der Waals surface area contributed by atoms with Crippen molar-refractivity contribution in [3.8, 4) is 12.3 Å². The molecule has 1 aliphatic rings. The molecule has 0 aromatic carbocycles. The summed E-state index contributed by atoms with van der Waals surface area (Å²) in [6, 6.07) is 1.48. The van der Waals surface area contributed by atoms with Crippen LogP contribution >= 0.6 is 0 Å². The maximum absolute atomic E-state index is 14.7. The summed E-state index contributed by atoms with van der Waals surface area (Å²) < 4.78 is 26.1. The molecule has 156 valence electrons. The van der Waals surface area contributed by atoms with Gasteiger partial charge in [0, 0.05) is 6.20 Å². The lowest BCUT2D eigenvalue weighted by atomic mass is 9.94. The number of amides is 1. The molecule has 1 saturated heterocycles. The van der Waals surface area contributed by atoms with Gasteiger partial charge >= 0.3 is 6.09 Å². The van der Waals surface area contributed by atoms with Crippen molar-refractivity contribution in [2.45, 2.75) is 50.2 Å². The second-order valence-electron chi connectivity index (χ2n) is 7.60. The van der Waals surface area contributed by atoms with Gasteiger partial charge in [-0.05, 0) is 26.8 Å². The quantitative estimate of drug-likeness (QED) is 0.544. The van der Waals surface area contributed by atoms with Crippen LogP contribution in [0.3, 0.4) is 0 Å². The topological polar surface area (TPSA) is 139 Å². The highest BCUT2D eigenvalue weighted by Gasteiger charge is 2.64. The molecule has 2 aromatic heterocycles. The van der Waals surface area contributed by atoms with Crippen molar-refractivity contribution in [2.24, 2.45) is 0 Å². The Labute approximate surface area is 165 Å². The summed E-state index contributed by atoms with van der Waals surface area (Å²) >= 11 is 0. The van der Waals surface area contributed by atoms with E-state index in [4.69, 9.17) is 15.9 Å². The van der Waals surface area contributed by atoms with E-state index in [0.29, 0.717) is 5.39 Å². The van der Waals surface area contributed by atoms with Crippen molar-refractivity contribution in [2.75, 3.05) is 11.9 Å². The minimum atomic E-state index is -2.98. The number of nitrogens with zero attached hydrogens (tertiary/aromatic N) is 3. The van der Waals surface area contributed by atoms with Gasteiger partial charge in [-0.3, -0.25) is 5.32 Å². The van der Waals surface area contributed by atoms with Crippen LogP contribution in [0, 0.1) is 12.3 Å². The Morgan fingerprint density at radius 2 is 2.21 bits per heavy atom. The lowest BCUT2D eigenvalue weighted by Crippen LogP contribution is -2.49. The lowest BCUT2D eigenvalue weighted by molar-refractivity contribution is -0.206. The zero-order valence-corrected chi connectivity index (χ0v) is 16.0. The standard InChI is InChI=1S/C18H21FN4O6/c1-5-17(27)13(25)18(19,8-24)28-14(17)23-7-6-10-11(20-9-21-12(10)23)22-15(26)29-16(2,3)4/h1,6-7,9,13-14,24-25,27H,8H2,2-4H3,(H,20,21,22,26)/t13-,14+,17+,18+/m0/s1. The number of carbonyl (C=O) groups excluding carboxylic acids is 1. The molecule has 0 spiro atoms. The minimum absolute atomic E-state index is 0.0967. The zero-order chi connectivity index (χ0) is 21.6. The molecule has 4 N–H and O–H groups in total. The first kappa shape index (κ1) is 20.9. The zero-order valence-electron chi connectivity index (χ0n) is 16.0. The third kappa shape index (κ3) is 3.51. The Balaban J connectivity index is 2.01. The number of anilines is 1. The van der Waals surface area contributed by atoms with Crippen LogP contribution in [0.25, 0.3) is 11.0 Å². The Morgan fingerprint density at radius 1 is 1.52 bits per heavy atom. The van der Waals surface area contributed by atoms with E-state index in [2.05, 4.69) is 15.3 Å². The lowest BCUT2D eigenvalue weighted by Gasteiger charge is -2.26. The summed E-state index contributed by atoms with van der Waals surface area (Å²) in [5.74, 6) is -0.952. The average Bonchev–Trinajstić information content (AvgIpc) is 3.15. The Morgan fingerprint density at radius 3 is 2.79 bits per heavy atom. The molecule has 0 bridgehead atoms. The molecule has 0 aliphatic carbocycles. The van der Waals surface area contributed by atoms with Crippen LogP contribution in [0.15, 0.2) is 18.6 Å². The van der Waals surface area contributed by atoms with E-state index in [-0.39, 0.29) is 11.5 Å². The Kier molecular flexibility index (Phi) is 5.00. The summed E-state index contributed by atoms with van der Waals surface area (Å²) in [5.41, 5.74) is -3.10. The first-order chi connectivity index (χ1) is 13.4. The first-order valence-electron chi connectivity index (χ1n) is 8.62. The van der Waals surface area contributed by atoms with Gasteiger partial charge in [0.1, 0.15) is 30.0 Å². The van der Waals surface area contributed by atoms with E-state index in [1.54, 1.807) is 20.8 Å². The predicted octanol–water partition coefficient (Wildman–Crippen LogP) is 0.690. The number of hydrogen-bond donors (Lipinski definition) is 4. The van der Waals surface area contributed by atoms with E-state index in [1.807, 2.05) is 5.92 Å². The van der Waals surface area contributed by atoms with Crippen molar-refractivity contribution >= 4 is 22.9 Å². The maximum atomic E-state index is 14.7. The van der Waals surface area contributed by atoms with Crippen LogP contribution in [-0.2, 0) is 9.47 Å². The molecule has 4 atom stereocenters. The maximum Gasteiger partial charge on any atom is 0.413 e. The van der Waals surface area contributed by atoms with E-state index < -0.39 is 42.1 Å². The molecule has 1 fully saturated rings. The summed E-state index contributed by atoms with van der Waals surface area (Å²) in [5, 5.41) is 32.8. The highest BCUT2D eigenvalue weighted by molar-refractivity contribution is 5.95. The van der Waals surface area contributed by atoms with Gasteiger partial charge in [0.2, 0.25) is 5.60 Å². The molecule has 1 aliphatic heterocycles. The molecule has 1 amide bonds. The number of nitrogens with one attached hydrogen (secondary N) is 1. The Hall–Kier alpha value is -2.78. The fraction of sp³-hybridized carbons (Fsp3) is 0.500. The van der Waals surface area contributed by atoms with Gasteiger partial charge in [-0.25, -0.2) is 19.2 Å². The summed E-state index contributed by atoms with van der Waals surface area (Å²) in [4.78, 5) is 20.1. The van der Waals surface area contributed by atoms with Crippen LogP contribution in [0.2, 0.25) is 0 Å². The van der Waals surface area contributed by atoms with Gasteiger partial charge in [0.15, 0.2) is 12.3 Å². The number of rotatable bonds is 3. The number of hydrogen-bond acceptors (Lipinski definition) is 8. The number of carbonyl (C=O) groups is 1. The molecule has 10 nitrogen and oxygen atoms in total. The summed E-state index contributed by atoms with van der Waals surface area (Å²) in [6.45, 7) is 3.87. The van der Waals surface area contributed by atoms with Gasteiger partial charge in [0.05, 0.1) is 5.39 Å². The predicted molar refractivity (Wildman–Crippen MR) is 98.2 cm³/mol. The molecule has 3 rings (SSSR count). The Bertz CT molecular complexity index is 983. The van der Waals surface area contributed by atoms with Crippen molar-refractivity contribution in [3.63, 3.8) is 0 Å². The van der Waals surface area contributed by atoms with Crippen LogP contribution < -0.4 is 5.32 Å². The second-order valence-corrected chi connectivity index (χ2v) is 7.60. The fourth-order valence-electron chi connectivity index (χ4n) is 3.01. The SMILES string of the molecule is C#C[C@]1(O)[C@H](n2ccc3c(NC(=O)OC(C)(C)C)ncnc32)O[C@](F)(CO)[C@H]1O. The highest BCUT2D eigenvalue weighted by Crippen LogP contribution is 2.46. The monoisotopic (exact) mass is 408 g/mol. The van der Waals surface area contributed by atoms with Crippen LogP contribution in [0.5, 0.6) is 0 Å². The molecule has 0 unspecified atom stereocenters. The molecular formula is C18H21FN4O6. The van der Waals surface area contributed by atoms with Gasteiger partial charge in [-0.1, -0.05) is 5.92 Å². The molecule has 0 saturated carbocycles. The summed E-state index contributed by atoms with van der Waals surface area (Å²) in [6.07, 6.45) is 3.24. The van der Waals surface area contributed by atoms with Crippen LogP contribution in [0.1, 0.15) is 27.0 Å². The fourth-order valence-corrected chi connectivity index (χ4v) is 3.01. The van der Waals surface area contributed by atoms with Crippen molar-refractivity contribution in [3.05, 3.63) is 18.6 Å².